The average molecular weight is 253 g/mol. The first-order valence-electron chi connectivity index (χ1n) is 5.83. The normalized spacial score (nSPS) is 15.1. The van der Waals surface area contributed by atoms with Crippen molar-refractivity contribution in [2.45, 2.75) is 26.7 Å². The minimum atomic E-state index is -0.988. The number of hydrogen-bond acceptors (Lipinski definition) is 4. The topological polar surface area (TPSA) is 101 Å². The Hall–Kier alpha value is -1.98. The van der Waals surface area contributed by atoms with Crippen LogP contribution < -0.4 is 11.1 Å². The van der Waals surface area contributed by atoms with Gasteiger partial charge in [0.15, 0.2) is 5.84 Å². The molecule has 1 heterocycles. The zero-order valence-electron chi connectivity index (χ0n) is 10.6. The first-order valence-corrected chi connectivity index (χ1v) is 5.83. The molecule has 0 fully saturated rings. The van der Waals surface area contributed by atoms with E-state index in [1.54, 1.807) is 19.3 Å². The van der Waals surface area contributed by atoms with E-state index in [1.165, 1.54) is 0 Å². The van der Waals surface area contributed by atoms with E-state index in [2.05, 4.69) is 10.5 Å². The Labute approximate surface area is 106 Å². The number of nitrogens with zero attached hydrogens (tertiary/aromatic N) is 1. The number of hydrogen-bond donors (Lipinski definition) is 3. The lowest BCUT2D eigenvalue weighted by Gasteiger charge is -2.25. The second-order valence-electron chi connectivity index (χ2n) is 4.26. The molecule has 0 bridgehead atoms. The van der Waals surface area contributed by atoms with Crippen LogP contribution in [0, 0.1) is 5.41 Å². The van der Waals surface area contributed by atoms with Crippen LogP contribution in [0.25, 0.3) is 0 Å². The summed E-state index contributed by atoms with van der Waals surface area (Å²) in [6.07, 6.45) is 2.65. The maximum Gasteiger partial charge on any atom is 0.233 e. The van der Waals surface area contributed by atoms with E-state index < -0.39 is 5.41 Å². The monoisotopic (exact) mass is 253 g/mol. The molecule has 1 unspecified atom stereocenters. The van der Waals surface area contributed by atoms with Crippen LogP contribution in [0.5, 0.6) is 0 Å². The molecule has 0 aliphatic heterocycles. The van der Waals surface area contributed by atoms with Crippen molar-refractivity contribution in [3.05, 3.63) is 24.2 Å². The van der Waals surface area contributed by atoms with Gasteiger partial charge in [0.05, 0.1) is 6.26 Å². The van der Waals surface area contributed by atoms with Gasteiger partial charge in [-0.15, -0.1) is 0 Å². The SMILES string of the molecule is CCC(C)(C(=O)NCCc1ccco1)/C(N)=N/O. The lowest BCUT2D eigenvalue weighted by molar-refractivity contribution is -0.127. The number of nitrogens with two attached hydrogens (primary N) is 1. The number of rotatable bonds is 6. The van der Waals surface area contributed by atoms with Crippen molar-refractivity contribution >= 4 is 11.7 Å². The summed E-state index contributed by atoms with van der Waals surface area (Å²) < 4.78 is 5.16. The quantitative estimate of drug-likeness (QED) is 0.306. The minimum Gasteiger partial charge on any atom is -0.469 e. The van der Waals surface area contributed by atoms with E-state index >= 15 is 0 Å². The number of oxime groups is 1. The zero-order chi connectivity index (χ0) is 13.6. The Kier molecular flexibility index (Phi) is 4.76. The fourth-order valence-electron chi connectivity index (χ4n) is 1.52. The summed E-state index contributed by atoms with van der Waals surface area (Å²) in [5.74, 6) is 0.463. The van der Waals surface area contributed by atoms with E-state index in [0.29, 0.717) is 19.4 Å². The number of amides is 1. The maximum atomic E-state index is 12.0. The molecule has 0 aromatic carbocycles. The molecule has 0 spiro atoms. The van der Waals surface area contributed by atoms with Crippen LogP contribution in [-0.2, 0) is 11.2 Å². The molecule has 0 radical (unpaired) electrons. The van der Waals surface area contributed by atoms with E-state index in [-0.39, 0.29) is 11.7 Å². The van der Waals surface area contributed by atoms with Gasteiger partial charge in [-0.2, -0.15) is 0 Å². The Bertz CT molecular complexity index is 414. The summed E-state index contributed by atoms with van der Waals surface area (Å²) in [5, 5.41) is 14.4. The Morgan fingerprint density at radius 3 is 2.89 bits per heavy atom. The van der Waals surface area contributed by atoms with Crippen molar-refractivity contribution in [3.63, 3.8) is 0 Å². The zero-order valence-corrected chi connectivity index (χ0v) is 10.6. The van der Waals surface area contributed by atoms with Crippen molar-refractivity contribution < 1.29 is 14.4 Å². The van der Waals surface area contributed by atoms with Crippen LogP contribution in [0.4, 0.5) is 0 Å². The van der Waals surface area contributed by atoms with Crippen molar-refractivity contribution in [2.75, 3.05) is 6.54 Å². The number of amidine groups is 1. The summed E-state index contributed by atoms with van der Waals surface area (Å²) >= 11 is 0. The molecule has 0 aliphatic carbocycles. The van der Waals surface area contributed by atoms with E-state index in [1.807, 2.05) is 13.0 Å². The van der Waals surface area contributed by atoms with E-state index in [9.17, 15) is 4.79 Å². The molecular formula is C12H19N3O3. The predicted octanol–water partition coefficient (Wildman–Crippen LogP) is 1.10. The molecule has 6 nitrogen and oxygen atoms in total. The summed E-state index contributed by atoms with van der Waals surface area (Å²) in [6.45, 7) is 3.90. The molecule has 1 amide bonds. The third-order valence-corrected chi connectivity index (χ3v) is 3.12. The van der Waals surface area contributed by atoms with Gasteiger partial charge in [-0.25, -0.2) is 0 Å². The summed E-state index contributed by atoms with van der Waals surface area (Å²) in [5.41, 5.74) is 4.56. The number of carbonyl (C=O) groups excluding carboxylic acids is 1. The molecule has 1 atom stereocenters. The molecular weight excluding hydrogens is 234 g/mol. The summed E-state index contributed by atoms with van der Waals surface area (Å²) in [4.78, 5) is 12.0. The van der Waals surface area contributed by atoms with Crippen molar-refractivity contribution in [3.8, 4) is 0 Å². The molecule has 1 aromatic rings. The highest BCUT2D eigenvalue weighted by molar-refractivity contribution is 6.06. The van der Waals surface area contributed by atoms with E-state index in [4.69, 9.17) is 15.4 Å². The maximum absolute atomic E-state index is 12.0. The number of carbonyl (C=O) groups is 1. The Balaban J connectivity index is 2.53. The molecule has 18 heavy (non-hydrogen) atoms. The Morgan fingerprint density at radius 2 is 2.39 bits per heavy atom. The highest BCUT2D eigenvalue weighted by atomic mass is 16.4. The highest BCUT2D eigenvalue weighted by Crippen LogP contribution is 2.21. The second-order valence-corrected chi connectivity index (χ2v) is 4.26. The van der Waals surface area contributed by atoms with Crippen LogP contribution in [0.3, 0.4) is 0 Å². The van der Waals surface area contributed by atoms with Crippen LogP contribution in [0.15, 0.2) is 28.0 Å². The highest BCUT2D eigenvalue weighted by Gasteiger charge is 2.36. The van der Waals surface area contributed by atoms with Gasteiger partial charge in [0, 0.05) is 13.0 Å². The molecule has 0 saturated heterocycles. The van der Waals surface area contributed by atoms with Crippen LogP contribution in [-0.4, -0.2) is 23.5 Å². The van der Waals surface area contributed by atoms with Gasteiger partial charge in [-0.1, -0.05) is 12.1 Å². The third kappa shape index (κ3) is 3.03. The van der Waals surface area contributed by atoms with Crippen LogP contribution >= 0.6 is 0 Å². The van der Waals surface area contributed by atoms with Gasteiger partial charge in [0.25, 0.3) is 0 Å². The molecule has 0 aliphatic rings. The standard InChI is InChI=1S/C12H19N3O3/c1-3-12(2,10(13)15-17)11(16)14-7-6-9-5-4-8-18-9/h4-5,8,17H,3,6-7H2,1-2H3,(H2,13,15)(H,14,16). The average Bonchev–Trinajstić information content (AvgIpc) is 2.89. The van der Waals surface area contributed by atoms with Gasteiger partial charge in [-0.05, 0) is 25.5 Å². The first kappa shape index (κ1) is 14.1. The van der Waals surface area contributed by atoms with Gasteiger partial charge in [-0.3, -0.25) is 4.79 Å². The van der Waals surface area contributed by atoms with Crippen molar-refractivity contribution in [1.29, 1.82) is 0 Å². The molecule has 4 N–H and O–H groups in total. The molecule has 0 saturated carbocycles. The van der Waals surface area contributed by atoms with Gasteiger partial charge < -0.3 is 20.7 Å². The lowest BCUT2D eigenvalue weighted by Crippen LogP contribution is -2.48. The molecule has 100 valence electrons. The van der Waals surface area contributed by atoms with Crippen molar-refractivity contribution in [1.82, 2.24) is 5.32 Å². The second kappa shape index (κ2) is 6.09. The number of furan rings is 1. The molecule has 6 heteroatoms. The van der Waals surface area contributed by atoms with Crippen molar-refractivity contribution in [2.24, 2.45) is 16.3 Å². The van der Waals surface area contributed by atoms with Crippen LogP contribution in [0.2, 0.25) is 0 Å². The minimum absolute atomic E-state index is 0.0829. The summed E-state index contributed by atoms with van der Waals surface area (Å²) in [7, 11) is 0. The summed E-state index contributed by atoms with van der Waals surface area (Å²) in [6, 6.07) is 3.64. The fourth-order valence-corrected chi connectivity index (χ4v) is 1.52. The van der Waals surface area contributed by atoms with Crippen LogP contribution in [0.1, 0.15) is 26.0 Å². The van der Waals surface area contributed by atoms with Gasteiger partial charge >= 0.3 is 0 Å². The molecule has 1 rings (SSSR count). The van der Waals surface area contributed by atoms with Gasteiger partial charge in [0.1, 0.15) is 11.2 Å². The van der Waals surface area contributed by atoms with E-state index in [0.717, 1.165) is 5.76 Å². The van der Waals surface area contributed by atoms with Gasteiger partial charge in [0.2, 0.25) is 5.91 Å². The first-order chi connectivity index (χ1) is 8.54. The number of nitrogens with one attached hydrogen (secondary N) is 1. The smallest absolute Gasteiger partial charge is 0.233 e. The predicted molar refractivity (Wildman–Crippen MR) is 67.2 cm³/mol. The Morgan fingerprint density at radius 1 is 1.67 bits per heavy atom. The largest absolute Gasteiger partial charge is 0.469 e. The molecule has 1 aromatic heterocycles. The third-order valence-electron chi connectivity index (χ3n) is 3.12. The fraction of sp³-hybridized carbons (Fsp3) is 0.500. The lowest BCUT2D eigenvalue weighted by atomic mass is 9.85.